The highest BCUT2D eigenvalue weighted by atomic mass is 16.7. The molecular weight excluding hydrogens is 275 g/mol. The van der Waals surface area contributed by atoms with Gasteiger partial charge in [-0.2, -0.15) is 0 Å². The van der Waals surface area contributed by atoms with Gasteiger partial charge in [-0.25, -0.2) is 0 Å². The Morgan fingerprint density at radius 1 is 0.773 bits per heavy atom. The molecule has 0 saturated heterocycles. The van der Waals surface area contributed by atoms with Crippen LogP contribution in [0, 0.1) is 0 Å². The van der Waals surface area contributed by atoms with Crippen LogP contribution in [0.2, 0.25) is 0 Å². The molecule has 116 valence electrons. The van der Waals surface area contributed by atoms with Crippen LogP contribution in [-0.4, -0.2) is 12.3 Å². The first-order valence-electron chi connectivity index (χ1n) is 7.83. The minimum absolute atomic E-state index is 0.176. The predicted octanol–water partition coefficient (Wildman–Crippen LogP) is 4.30. The van der Waals surface area contributed by atoms with Crippen molar-refractivity contribution >= 4 is 7.32 Å². The second-order valence-corrected chi connectivity index (χ2v) is 5.19. The summed E-state index contributed by atoms with van der Waals surface area (Å²) in [4.78, 5) is 0. The maximum atomic E-state index is 10.1. The first-order valence-corrected chi connectivity index (χ1v) is 7.83. The van der Waals surface area contributed by atoms with Gasteiger partial charge < -0.3 is 14.3 Å². The lowest BCUT2D eigenvalue weighted by atomic mass is 10.0. The molecule has 0 spiro atoms. The predicted molar refractivity (Wildman–Crippen MR) is 89.1 cm³/mol. The average Bonchev–Trinajstić information content (AvgIpc) is 2.59. The molecule has 2 aromatic carbocycles. The van der Waals surface area contributed by atoms with Crippen molar-refractivity contribution in [3.05, 3.63) is 71.8 Å². The minimum Gasteiger partial charge on any atom is -0.402 e. The van der Waals surface area contributed by atoms with Gasteiger partial charge >= 0.3 is 7.32 Å². The number of hydrogen-bond acceptors (Lipinski definition) is 3. The van der Waals surface area contributed by atoms with Crippen molar-refractivity contribution < 1.29 is 14.3 Å². The van der Waals surface area contributed by atoms with E-state index in [1.165, 1.54) is 0 Å². The van der Waals surface area contributed by atoms with Crippen molar-refractivity contribution in [3.63, 3.8) is 0 Å². The van der Waals surface area contributed by atoms with Gasteiger partial charge in [-0.1, -0.05) is 74.5 Å². The molecule has 0 amide bonds. The van der Waals surface area contributed by atoms with E-state index in [1.54, 1.807) is 0 Å². The van der Waals surface area contributed by atoms with Crippen LogP contribution >= 0.6 is 0 Å². The van der Waals surface area contributed by atoms with Gasteiger partial charge in [0.05, 0.1) is 12.2 Å². The number of rotatable bonds is 8. The largest absolute Gasteiger partial charge is 0.637 e. The van der Waals surface area contributed by atoms with Crippen LogP contribution in [0.25, 0.3) is 0 Å². The summed E-state index contributed by atoms with van der Waals surface area (Å²) < 4.78 is 11.3. The maximum absolute atomic E-state index is 10.1. The van der Waals surface area contributed by atoms with Crippen molar-refractivity contribution in [2.45, 2.75) is 38.9 Å². The smallest absolute Gasteiger partial charge is 0.402 e. The third kappa shape index (κ3) is 4.70. The van der Waals surface area contributed by atoms with Crippen LogP contribution in [0.1, 0.15) is 50.0 Å². The van der Waals surface area contributed by atoms with Crippen molar-refractivity contribution in [1.29, 1.82) is 0 Å². The van der Waals surface area contributed by atoms with Crippen LogP contribution in [0.3, 0.4) is 0 Å². The summed E-state index contributed by atoms with van der Waals surface area (Å²) in [5, 5.41) is 10.1. The van der Waals surface area contributed by atoms with Crippen LogP contribution in [0.5, 0.6) is 0 Å². The molecular formula is C18H23BO3. The molecule has 2 unspecified atom stereocenters. The Kier molecular flexibility index (Phi) is 6.65. The molecule has 0 aromatic heterocycles. The lowest BCUT2D eigenvalue weighted by Gasteiger charge is -2.22. The van der Waals surface area contributed by atoms with Gasteiger partial charge in [-0.3, -0.25) is 0 Å². The van der Waals surface area contributed by atoms with E-state index in [0.717, 1.165) is 24.0 Å². The van der Waals surface area contributed by atoms with Crippen molar-refractivity contribution in [3.8, 4) is 0 Å². The monoisotopic (exact) mass is 298 g/mol. The Balaban J connectivity index is 1.97. The van der Waals surface area contributed by atoms with E-state index in [4.69, 9.17) is 9.31 Å². The molecule has 0 heterocycles. The third-order valence-electron chi connectivity index (χ3n) is 3.65. The minimum atomic E-state index is -1.24. The SMILES string of the molecule is CCC(OB(O)OC(CC)c1ccccc1)c1ccccc1. The summed E-state index contributed by atoms with van der Waals surface area (Å²) in [5.41, 5.74) is 2.08. The summed E-state index contributed by atoms with van der Waals surface area (Å²) in [6.07, 6.45) is 1.19. The fourth-order valence-corrected chi connectivity index (χ4v) is 2.47. The van der Waals surface area contributed by atoms with Gasteiger partial charge in [-0.15, -0.1) is 0 Å². The van der Waals surface area contributed by atoms with E-state index in [2.05, 4.69) is 0 Å². The molecule has 1 N–H and O–H groups in total. The zero-order valence-corrected chi connectivity index (χ0v) is 13.2. The summed E-state index contributed by atoms with van der Waals surface area (Å²) in [6, 6.07) is 19.8. The molecule has 2 rings (SSSR count). The second-order valence-electron chi connectivity index (χ2n) is 5.19. The Bertz CT molecular complexity index is 483. The van der Waals surface area contributed by atoms with E-state index >= 15 is 0 Å². The first kappa shape index (κ1) is 16.8. The molecule has 0 fully saturated rings. The van der Waals surface area contributed by atoms with Gasteiger partial charge in [0.1, 0.15) is 0 Å². The number of hydrogen-bond donors (Lipinski definition) is 1. The van der Waals surface area contributed by atoms with Crippen molar-refractivity contribution in [2.24, 2.45) is 0 Å². The van der Waals surface area contributed by atoms with Gasteiger partial charge in [0.25, 0.3) is 0 Å². The molecule has 0 aliphatic heterocycles. The van der Waals surface area contributed by atoms with Crippen LogP contribution in [-0.2, 0) is 9.31 Å². The van der Waals surface area contributed by atoms with Crippen LogP contribution in [0.15, 0.2) is 60.7 Å². The quantitative estimate of drug-likeness (QED) is 0.738. The van der Waals surface area contributed by atoms with Crippen LogP contribution in [0.4, 0.5) is 0 Å². The zero-order valence-electron chi connectivity index (χ0n) is 13.2. The molecule has 2 atom stereocenters. The first-order chi connectivity index (χ1) is 10.7. The third-order valence-corrected chi connectivity index (χ3v) is 3.65. The van der Waals surface area contributed by atoms with E-state index in [9.17, 15) is 5.02 Å². The highest BCUT2D eigenvalue weighted by Gasteiger charge is 2.26. The highest BCUT2D eigenvalue weighted by molar-refractivity contribution is 6.34. The average molecular weight is 298 g/mol. The second kappa shape index (κ2) is 8.74. The van der Waals surface area contributed by atoms with E-state index in [1.807, 2.05) is 74.5 Å². The van der Waals surface area contributed by atoms with Crippen LogP contribution < -0.4 is 0 Å². The molecule has 0 saturated carbocycles. The summed E-state index contributed by atoms with van der Waals surface area (Å²) in [5.74, 6) is 0. The van der Waals surface area contributed by atoms with Gasteiger partial charge in [0.2, 0.25) is 0 Å². The normalized spacial score (nSPS) is 13.6. The van der Waals surface area contributed by atoms with E-state index in [0.29, 0.717) is 0 Å². The summed E-state index contributed by atoms with van der Waals surface area (Å²) in [7, 11) is -1.24. The molecule has 3 nitrogen and oxygen atoms in total. The molecule has 0 radical (unpaired) electrons. The lowest BCUT2D eigenvalue weighted by Crippen LogP contribution is -2.27. The number of benzene rings is 2. The van der Waals surface area contributed by atoms with E-state index in [-0.39, 0.29) is 12.2 Å². The fourth-order valence-electron chi connectivity index (χ4n) is 2.47. The Labute approximate surface area is 133 Å². The molecule has 0 aliphatic rings. The fraction of sp³-hybridized carbons (Fsp3) is 0.333. The standard InChI is InChI=1S/C18H23BO3/c1-3-17(15-11-7-5-8-12-15)21-19(20)22-18(4-2)16-13-9-6-10-14-16/h5-14,17-18,20H,3-4H2,1-2H3. The Morgan fingerprint density at radius 2 is 1.14 bits per heavy atom. The Hall–Kier alpha value is -1.62. The van der Waals surface area contributed by atoms with Crippen molar-refractivity contribution in [2.75, 3.05) is 0 Å². The zero-order chi connectivity index (χ0) is 15.8. The van der Waals surface area contributed by atoms with E-state index < -0.39 is 7.32 Å². The lowest BCUT2D eigenvalue weighted by molar-refractivity contribution is 0.0501. The van der Waals surface area contributed by atoms with Crippen molar-refractivity contribution in [1.82, 2.24) is 0 Å². The van der Waals surface area contributed by atoms with Gasteiger partial charge in [0, 0.05) is 0 Å². The highest BCUT2D eigenvalue weighted by Crippen LogP contribution is 2.25. The maximum Gasteiger partial charge on any atom is 0.637 e. The molecule has 0 aliphatic carbocycles. The summed E-state index contributed by atoms with van der Waals surface area (Å²) >= 11 is 0. The Morgan fingerprint density at radius 3 is 1.45 bits per heavy atom. The molecule has 4 heteroatoms. The molecule has 22 heavy (non-hydrogen) atoms. The van der Waals surface area contributed by atoms with Gasteiger partial charge in [-0.05, 0) is 24.0 Å². The topological polar surface area (TPSA) is 38.7 Å². The molecule has 2 aromatic rings. The van der Waals surface area contributed by atoms with Gasteiger partial charge in [0.15, 0.2) is 0 Å². The molecule has 0 bridgehead atoms. The summed E-state index contributed by atoms with van der Waals surface area (Å²) in [6.45, 7) is 4.05.